The molecule has 3 heteroatoms. The van der Waals surface area contributed by atoms with Gasteiger partial charge in [-0.15, -0.1) is 0 Å². The first-order valence-corrected chi connectivity index (χ1v) is 6.50. The average molecular weight is 255 g/mol. The molecule has 2 aromatic rings. The molecule has 3 nitrogen and oxygen atoms in total. The van der Waals surface area contributed by atoms with Crippen molar-refractivity contribution < 1.29 is 9.84 Å². The summed E-state index contributed by atoms with van der Waals surface area (Å²) >= 11 is 0. The Hall–Kier alpha value is -2.16. The Morgan fingerprint density at radius 3 is 2.79 bits per heavy atom. The number of anilines is 1. The lowest BCUT2D eigenvalue weighted by Crippen LogP contribution is -2.32. The number of fused-ring (bicyclic) bond motifs is 1. The lowest BCUT2D eigenvalue weighted by atomic mass is 10.0. The molecule has 0 amide bonds. The molecule has 0 saturated carbocycles. The van der Waals surface area contributed by atoms with E-state index in [2.05, 4.69) is 36.5 Å². The van der Waals surface area contributed by atoms with Gasteiger partial charge in [-0.3, -0.25) is 0 Å². The molecule has 98 valence electrons. The first kappa shape index (κ1) is 11.9. The van der Waals surface area contributed by atoms with Crippen LogP contribution >= 0.6 is 0 Å². The number of phenols is 1. The highest BCUT2D eigenvalue weighted by atomic mass is 16.5. The van der Waals surface area contributed by atoms with E-state index < -0.39 is 0 Å². The molecule has 19 heavy (non-hydrogen) atoms. The number of hydrogen-bond donors (Lipinski definition) is 2. The molecule has 0 saturated heterocycles. The Balaban J connectivity index is 1.73. The second kappa shape index (κ2) is 4.84. The van der Waals surface area contributed by atoms with Gasteiger partial charge in [0.1, 0.15) is 17.6 Å². The SMILES string of the molecule is Cc1ccc(CC2CNc3ccc(O)cc3O2)cc1. The van der Waals surface area contributed by atoms with Gasteiger partial charge in [-0.25, -0.2) is 0 Å². The fraction of sp³-hybridized carbons (Fsp3) is 0.250. The number of nitrogens with one attached hydrogen (secondary N) is 1. The molecule has 0 spiro atoms. The van der Waals surface area contributed by atoms with Crippen LogP contribution in [0.4, 0.5) is 5.69 Å². The summed E-state index contributed by atoms with van der Waals surface area (Å²) in [7, 11) is 0. The molecule has 2 N–H and O–H groups in total. The van der Waals surface area contributed by atoms with Gasteiger partial charge < -0.3 is 15.2 Å². The van der Waals surface area contributed by atoms with Gasteiger partial charge in [0, 0.05) is 12.5 Å². The first-order chi connectivity index (χ1) is 9.20. The molecule has 1 aliphatic rings. The van der Waals surface area contributed by atoms with Gasteiger partial charge in [0.25, 0.3) is 0 Å². The van der Waals surface area contributed by atoms with Crippen LogP contribution in [-0.4, -0.2) is 17.8 Å². The predicted molar refractivity (Wildman–Crippen MR) is 75.9 cm³/mol. The van der Waals surface area contributed by atoms with E-state index in [1.54, 1.807) is 12.1 Å². The first-order valence-electron chi connectivity index (χ1n) is 6.50. The molecule has 0 aliphatic carbocycles. The van der Waals surface area contributed by atoms with Gasteiger partial charge >= 0.3 is 0 Å². The van der Waals surface area contributed by atoms with Crippen LogP contribution in [0, 0.1) is 6.92 Å². The molecular weight excluding hydrogens is 238 g/mol. The number of phenolic OH excluding ortho intramolecular Hbond substituents is 1. The topological polar surface area (TPSA) is 41.5 Å². The molecule has 1 atom stereocenters. The minimum atomic E-state index is 0.0945. The number of hydrogen-bond acceptors (Lipinski definition) is 3. The van der Waals surface area contributed by atoms with Crippen LogP contribution in [-0.2, 0) is 6.42 Å². The standard InChI is InChI=1S/C16H17NO2/c1-11-2-4-12(5-3-11)8-14-10-17-15-7-6-13(18)9-16(15)19-14/h2-7,9,14,17-18H,8,10H2,1H3. The fourth-order valence-corrected chi connectivity index (χ4v) is 2.30. The Morgan fingerprint density at radius 1 is 1.21 bits per heavy atom. The zero-order valence-corrected chi connectivity index (χ0v) is 10.9. The van der Waals surface area contributed by atoms with Crippen LogP contribution in [0.15, 0.2) is 42.5 Å². The molecule has 0 radical (unpaired) electrons. The van der Waals surface area contributed by atoms with Crippen molar-refractivity contribution in [3.05, 3.63) is 53.6 Å². The van der Waals surface area contributed by atoms with E-state index in [0.29, 0.717) is 0 Å². The zero-order valence-electron chi connectivity index (χ0n) is 10.9. The van der Waals surface area contributed by atoms with Gasteiger partial charge in [0.15, 0.2) is 0 Å². The summed E-state index contributed by atoms with van der Waals surface area (Å²) in [4.78, 5) is 0. The number of aromatic hydroxyl groups is 1. The molecule has 1 aliphatic heterocycles. The molecule has 1 heterocycles. The average Bonchev–Trinajstić information content (AvgIpc) is 2.41. The maximum absolute atomic E-state index is 9.49. The van der Waals surface area contributed by atoms with Crippen LogP contribution in [0.25, 0.3) is 0 Å². The fourth-order valence-electron chi connectivity index (χ4n) is 2.30. The van der Waals surface area contributed by atoms with Crippen molar-refractivity contribution in [3.8, 4) is 11.5 Å². The van der Waals surface area contributed by atoms with Crippen molar-refractivity contribution in [2.24, 2.45) is 0 Å². The highest BCUT2D eigenvalue weighted by Gasteiger charge is 2.19. The van der Waals surface area contributed by atoms with Crippen LogP contribution in [0.2, 0.25) is 0 Å². The molecular formula is C16H17NO2. The number of rotatable bonds is 2. The van der Waals surface area contributed by atoms with Crippen molar-refractivity contribution in [1.82, 2.24) is 0 Å². The van der Waals surface area contributed by atoms with Crippen molar-refractivity contribution in [3.63, 3.8) is 0 Å². The second-order valence-electron chi connectivity index (χ2n) is 4.99. The molecule has 2 aromatic carbocycles. The monoisotopic (exact) mass is 255 g/mol. The number of aryl methyl sites for hydroxylation is 1. The highest BCUT2D eigenvalue weighted by Crippen LogP contribution is 2.32. The molecule has 1 unspecified atom stereocenters. The van der Waals surface area contributed by atoms with E-state index in [9.17, 15) is 5.11 Å². The lowest BCUT2D eigenvalue weighted by Gasteiger charge is -2.27. The molecule has 3 rings (SSSR count). The largest absolute Gasteiger partial charge is 0.508 e. The third-order valence-electron chi connectivity index (χ3n) is 3.36. The van der Waals surface area contributed by atoms with Crippen molar-refractivity contribution >= 4 is 5.69 Å². The van der Waals surface area contributed by atoms with E-state index in [0.717, 1.165) is 24.4 Å². The van der Waals surface area contributed by atoms with E-state index in [4.69, 9.17) is 4.74 Å². The zero-order chi connectivity index (χ0) is 13.2. The summed E-state index contributed by atoms with van der Waals surface area (Å²) in [6.45, 7) is 2.87. The molecule has 0 aromatic heterocycles. The van der Waals surface area contributed by atoms with Crippen LogP contribution < -0.4 is 10.1 Å². The number of ether oxygens (including phenoxy) is 1. The van der Waals surface area contributed by atoms with Crippen molar-refractivity contribution in [1.29, 1.82) is 0 Å². The van der Waals surface area contributed by atoms with Gasteiger partial charge in [-0.2, -0.15) is 0 Å². The molecule has 0 bridgehead atoms. The van der Waals surface area contributed by atoms with Gasteiger partial charge in [0.05, 0.1) is 12.2 Å². The summed E-state index contributed by atoms with van der Waals surface area (Å²) in [5, 5.41) is 12.8. The summed E-state index contributed by atoms with van der Waals surface area (Å²) in [5.41, 5.74) is 3.47. The quantitative estimate of drug-likeness (QED) is 0.810. The van der Waals surface area contributed by atoms with E-state index in [1.165, 1.54) is 11.1 Å². The van der Waals surface area contributed by atoms with Crippen molar-refractivity contribution in [2.75, 3.05) is 11.9 Å². The smallest absolute Gasteiger partial charge is 0.146 e. The lowest BCUT2D eigenvalue weighted by molar-refractivity contribution is 0.205. The Labute approximate surface area is 112 Å². The summed E-state index contributed by atoms with van der Waals surface area (Å²) in [5.74, 6) is 0.958. The van der Waals surface area contributed by atoms with Crippen LogP contribution in [0.3, 0.4) is 0 Å². The third kappa shape index (κ3) is 2.65. The van der Waals surface area contributed by atoms with Crippen LogP contribution in [0.1, 0.15) is 11.1 Å². The third-order valence-corrected chi connectivity index (χ3v) is 3.36. The Morgan fingerprint density at radius 2 is 2.00 bits per heavy atom. The van der Waals surface area contributed by atoms with E-state index in [1.807, 2.05) is 6.07 Å². The normalized spacial score (nSPS) is 17.2. The van der Waals surface area contributed by atoms with Gasteiger partial charge in [-0.05, 0) is 24.6 Å². The number of benzene rings is 2. The minimum Gasteiger partial charge on any atom is -0.508 e. The minimum absolute atomic E-state index is 0.0945. The van der Waals surface area contributed by atoms with Gasteiger partial charge in [0.2, 0.25) is 0 Å². The van der Waals surface area contributed by atoms with E-state index >= 15 is 0 Å². The summed E-state index contributed by atoms with van der Waals surface area (Å²) < 4.78 is 5.92. The maximum Gasteiger partial charge on any atom is 0.146 e. The summed E-state index contributed by atoms with van der Waals surface area (Å²) in [6, 6.07) is 13.7. The Kier molecular flexibility index (Phi) is 3.03. The molecule has 0 fully saturated rings. The Bertz CT molecular complexity index is 578. The second-order valence-corrected chi connectivity index (χ2v) is 4.99. The predicted octanol–water partition coefficient (Wildman–Crippen LogP) is 3.12. The van der Waals surface area contributed by atoms with Crippen molar-refractivity contribution in [2.45, 2.75) is 19.4 Å². The van der Waals surface area contributed by atoms with Gasteiger partial charge in [-0.1, -0.05) is 29.8 Å². The van der Waals surface area contributed by atoms with Crippen LogP contribution in [0.5, 0.6) is 11.5 Å². The highest BCUT2D eigenvalue weighted by molar-refractivity contribution is 5.60. The van der Waals surface area contributed by atoms with E-state index in [-0.39, 0.29) is 11.9 Å². The maximum atomic E-state index is 9.49. The summed E-state index contributed by atoms with van der Waals surface area (Å²) in [6.07, 6.45) is 0.958.